The van der Waals surface area contributed by atoms with E-state index in [0.29, 0.717) is 5.56 Å². The number of sulfonamides is 1. The predicted molar refractivity (Wildman–Crippen MR) is 146 cm³/mol. The van der Waals surface area contributed by atoms with E-state index < -0.39 is 15.8 Å². The third kappa shape index (κ3) is 5.97. The van der Waals surface area contributed by atoms with Gasteiger partial charge in [0.05, 0.1) is 11.3 Å². The molecule has 3 aromatic carbocycles. The minimum Gasteiger partial charge on any atom is -0.365 e. The molecule has 1 N–H and O–H groups in total. The van der Waals surface area contributed by atoms with Gasteiger partial charge in [0.25, 0.3) is 0 Å². The molecule has 1 aromatic heterocycles. The van der Waals surface area contributed by atoms with Crippen molar-refractivity contribution in [3.05, 3.63) is 90.0 Å². The molecule has 37 heavy (non-hydrogen) atoms. The molecule has 0 spiro atoms. The summed E-state index contributed by atoms with van der Waals surface area (Å²) in [6, 6.07) is 19.8. The van der Waals surface area contributed by atoms with Gasteiger partial charge in [0.15, 0.2) is 0 Å². The van der Waals surface area contributed by atoms with Gasteiger partial charge in [0.2, 0.25) is 10.0 Å². The van der Waals surface area contributed by atoms with Gasteiger partial charge < -0.3 is 5.32 Å². The smallest absolute Gasteiger partial charge is 0.218 e. The van der Waals surface area contributed by atoms with Crippen LogP contribution in [-0.2, 0) is 22.3 Å². The fraction of sp³-hybridized carbons (Fsp3) is 0.310. The van der Waals surface area contributed by atoms with Crippen LogP contribution in [0.5, 0.6) is 0 Å². The first kappa shape index (κ1) is 25.3. The second kappa shape index (κ2) is 9.84. The molecule has 0 bridgehead atoms. The van der Waals surface area contributed by atoms with Crippen molar-refractivity contribution >= 4 is 26.7 Å². The van der Waals surface area contributed by atoms with Gasteiger partial charge in [-0.3, -0.25) is 0 Å². The first-order valence-corrected chi connectivity index (χ1v) is 14.1. The van der Waals surface area contributed by atoms with Crippen molar-refractivity contribution in [1.82, 2.24) is 14.3 Å². The van der Waals surface area contributed by atoms with E-state index >= 15 is 0 Å². The van der Waals surface area contributed by atoms with Crippen molar-refractivity contribution in [2.75, 3.05) is 5.32 Å². The quantitative estimate of drug-likeness (QED) is 0.303. The van der Waals surface area contributed by atoms with Gasteiger partial charge in [-0.25, -0.2) is 22.8 Å². The van der Waals surface area contributed by atoms with Crippen LogP contribution in [0.4, 0.5) is 10.2 Å². The Morgan fingerprint density at radius 3 is 2.38 bits per heavy atom. The Balaban J connectivity index is 1.47. The molecule has 5 rings (SSSR count). The van der Waals surface area contributed by atoms with Crippen LogP contribution in [0, 0.1) is 5.82 Å². The summed E-state index contributed by atoms with van der Waals surface area (Å²) >= 11 is 0. The summed E-state index contributed by atoms with van der Waals surface area (Å²) in [6.45, 7) is 6.20. The van der Waals surface area contributed by atoms with Gasteiger partial charge in [0, 0.05) is 29.1 Å². The van der Waals surface area contributed by atoms with E-state index in [0.717, 1.165) is 46.3 Å². The molecule has 1 aliphatic carbocycles. The molecule has 0 aliphatic heterocycles. The van der Waals surface area contributed by atoms with Gasteiger partial charge in [-0.2, -0.15) is 4.31 Å². The number of benzene rings is 3. The number of nitrogens with one attached hydrogen (secondary N) is 1. The first-order chi connectivity index (χ1) is 17.6. The highest BCUT2D eigenvalue weighted by Gasteiger charge is 2.37. The van der Waals surface area contributed by atoms with Crippen molar-refractivity contribution in [3.63, 3.8) is 0 Å². The molecule has 1 fully saturated rings. The van der Waals surface area contributed by atoms with Crippen molar-refractivity contribution in [2.24, 2.45) is 0 Å². The summed E-state index contributed by atoms with van der Waals surface area (Å²) < 4.78 is 43.1. The maximum Gasteiger partial charge on any atom is 0.218 e. The first-order valence-electron chi connectivity index (χ1n) is 12.4. The molecule has 0 atom stereocenters. The lowest BCUT2D eigenvalue weighted by Crippen LogP contribution is -2.34. The molecule has 8 heteroatoms. The van der Waals surface area contributed by atoms with Crippen LogP contribution >= 0.6 is 0 Å². The Morgan fingerprint density at radius 2 is 1.68 bits per heavy atom. The van der Waals surface area contributed by atoms with Crippen LogP contribution in [0.2, 0.25) is 0 Å². The number of anilines is 1. The molecule has 1 heterocycles. The van der Waals surface area contributed by atoms with E-state index in [1.807, 2.05) is 36.4 Å². The van der Waals surface area contributed by atoms with Gasteiger partial charge in [-0.15, -0.1) is 0 Å². The summed E-state index contributed by atoms with van der Waals surface area (Å²) in [5, 5.41) is 4.29. The molecule has 192 valence electrons. The van der Waals surface area contributed by atoms with Crippen LogP contribution < -0.4 is 5.32 Å². The summed E-state index contributed by atoms with van der Waals surface area (Å²) in [7, 11) is -3.61. The van der Waals surface area contributed by atoms with Gasteiger partial charge in [0.1, 0.15) is 18.0 Å². The topological polar surface area (TPSA) is 75.2 Å². The molecular formula is C29H31FN4O2S. The molecule has 0 amide bonds. The van der Waals surface area contributed by atoms with E-state index in [4.69, 9.17) is 0 Å². The Morgan fingerprint density at radius 1 is 0.973 bits per heavy atom. The number of hydrogen-bond acceptors (Lipinski definition) is 5. The summed E-state index contributed by atoms with van der Waals surface area (Å²) in [5.74, 6) is 0.219. The summed E-state index contributed by atoms with van der Waals surface area (Å²) in [4.78, 5) is 8.81. The van der Waals surface area contributed by atoms with Crippen molar-refractivity contribution < 1.29 is 12.8 Å². The maximum atomic E-state index is 15.0. The van der Waals surface area contributed by atoms with Gasteiger partial charge in [-0.1, -0.05) is 42.5 Å². The number of halogens is 1. The van der Waals surface area contributed by atoms with E-state index in [1.54, 1.807) is 24.3 Å². The monoisotopic (exact) mass is 518 g/mol. The molecule has 0 radical (unpaired) electrons. The van der Waals surface area contributed by atoms with Gasteiger partial charge >= 0.3 is 0 Å². The average Bonchev–Trinajstić information content (AvgIpc) is 3.68. The normalized spacial score (nSPS) is 14.3. The fourth-order valence-corrected chi connectivity index (χ4v) is 6.20. The molecule has 0 unspecified atom stereocenters. The highest BCUT2D eigenvalue weighted by atomic mass is 32.2. The SMILES string of the molecule is CC(C)(C)Nc1ncnc2ccc(-c3ccc(F)c(CN(C4CC4)S(=O)(=O)Cc4ccccc4)c3)cc12. The second-order valence-electron chi connectivity index (χ2n) is 10.7. The van der Waals surface area contributed by atoms with Crippen LogP contribution in [0.15, 0.2) is 73.1 Å². The molecule has 1 saturated carbocycles. The highest BCUT2D eigenvalue weighted by Crippen LogP contribution is 2.34. The lowest BCUT2D eigenvalue weighted by Gasteiger charge is -2.23. The zero-order valence-electron chi connectivity index (χ0n) is 21.3. The van der Waals surface area contributed by atoms with Crippen molar-refractivity contribution in [2.45, 2.75) is 57.5 Å². The Bertz CT molecular complexity index is 1530. The third-order valence-electron chi connectivity index (χ3n) is 6.34. The van der Waals surface area contributed by atoms with Crippen LogP contribution in [0.1, 0.15) is 44.7 Å². The lowest BCUT2D eigenvalue weighted by molar-refractivity contribution is 0.391. The molecule has 6 nitrogen and oxygen atoms in total. The number of fused-ring (bicyclic) bond motifs is 1. The number of hydrogen-bond donors (Lipinski definition) is 1. The maximum absolute atomic E-state index is 15.0. The van der Waals surface area contributed by atoms with Crippen LogP contribution in [-0.4, -0.2) is 34.3 Å². The van der Waals surface area contributed by atoms with Crippen molar-refractivity contribution in [1.29, 1.82) is 0 Å². The molecular weight excluding hydrogens is 487 g/mol. The van der Waals surface area contributed by atoms with Gasteiger partial charge in [-0.05, 0) is 74.6 Å². The average molecular weight is 519 g/mol. The Hall–Kier alpha value is -3.36. The fourth-order valence-electron chi connectivity index (χ4n) is 4.42. The Kier molecular flexibility index (Phi) is 6.72. The summed E-state index contributed by atoms with van der Waals surface area (Å²) in [6.07, 6.45) is 3.13. The Labute approximate surface area is 217 Å². The zero-order chi connectivity index (χ0) is 26.2. The molecule has 0 saturated heterocycles. The van der Waals surface area contributed by atoms with E-state index in [9.17, 15) is 12.8 Å². The third-order valence-corrected chi connectivity index (χ3v) is 8.18. The van der Waals surface area contributed by atoms with E-state index in [2.05, 4.69) is 36.1 Å². The standard InChI is InChI=1S/C29H31FN4O2S/c1-29(2,3)33-28-25-16-22(10-14-27(25)31-19-32-28)21-9-13-26(30)23(15-21)17-34(24-11-12-24)37(35,36)18-20-7-5-4-6-8-20/h4-10,13-16,19,24H,11-12,17-18H2,1-3H3,(H,31,32,33). The van der Waals surface area contributed by atoms with Crippen molar-refractivity contribution in [3.8, 4) is 11.1 Å². The minimum atomic E-state index is -3.61. The van der Waals surface area contributed by atoms with Crippen LogP contribution in [0.3, 0.4) is 0 Å². The highest BCUT2D eigenvalue weighted by molar-refractivity contribution is 7.88. The van der Waals surface area contributed by atoms with Crippen LogP contribution in [0.25, 0.3) is 22.0 Å². The number of nitrogens with zero attached hydrogens (tertiary/aromatic N) is 3. The molecule has 4 aromatic rings. The zero-order valence-corrected chi connectivity index (χ0v) is 22.1. The van der Waals surface area contributed by atoms with E-state index in [-0.39, 0.29) is 23.9 Å². The van der Waals surface area contributed by atoms with E-state index in [1.165, 1.54) is 16.7 Å². The predicted octanol–water partition coefficient (Wildman–Crippen LogP) is 6.14. The molecule has 1 aliphatic rings. The largest absolute Gasteiger partial charge is 0.365 e. The minimum absolute atomic E-state index is 0.00697. The lowest BCUT2D eigenvalue weighted by atomic mass is 10.0. The number of rotatable bonds is 8. The second-order valence-corrected chi connectivity index (χ2v) is 12.6. The summed E-state index contributed by atoms with van der Waals surface area (Å²) in [5.41, 5.74) is 3.39. The number of aromatic nitrogens is 2.